The van der Waals surface area contributed by atoms with Crippen LogP contribution in [0.25, 0.3) is 0 Å². The Bertz CT molecular complexity index is 934. The average molecular weight is 431 g/mol. The maximum absolute atomic E-state index is 12.8. The molecule has 2 aromatic rings. The second-order valence-corrected chi connectivity index (χ2v) is 8.00. The van der Waals surface area contributed by atoms with E-state index >= 15 is 0 Å². The number of nitrogens with two attached hydrogens (primary N) is 1. The predicted octanol–water partition coefficient (Wildman–Crippen LogP) is 1.35. The molecule has 0 spiro atoms. The molecule has 1 aliphatic rings. The zero-order chi connectivity index (χ0) is 21.3. The first-order valence-electron chi connectivity index (χ1n) is 9.80. The summed E-state index contributed by atoms with van der Waals surface area (Å²) in [6, 6.07) is 0.991. The zero-order valence-corrected chi connectivity index (χ0v) is 17.7. The van der Waals surface area contributed by atoms with Crippen molar-refractivity contribution in [3.63, 3.8) is 0 Å². The normalized spacial score (nSPS) is 16.2. The fourth-order valence-corrected chi connectivity index (χ4v) is 3.98. The smallest absolute Gasteiger partial charge is 0.316 e. The molecule has 0 radical (unpaired) electrons. The van der Waals surface area contributed by atoms with E-state index in [2.05, 4.69) is 32.9 Å². The Hall–Kier alpha value is -2.87. The zero-order valence-electron chi connectivity index (χ0n) is 16.9. The molecule has 1 aliphatic heterocycles. The van der Waals surface area contributed by atoms with E-state index in [0.29, 0.717) is 28.6 Å². The number of thiophene rings is 1. The largest absolute Gasteiger partial charge is 0.383 e. The van der Waals surface area contributed by atoms with E-state index in [1.807, 2.05) is 6.20 Å². The number of primary amides is 1. The van der Waals surface area contributed by atoms with Gasteiger partial charge in [0.2, 0.25) is 0 Å². The molecule has 1 atom stereocenters. The lowest BCUT2D eigenvalue weighted by Gasteiger charge is -2.16. The van der Waals surface area contributed by atoms with Crippen molar-refractivity contribution in [2.24, 2.45) is 5.73 Å². The molecule has 160 valence electrons. The highest BCUT2D eigenvalue weighted by Crippen LogP contribution is 2.27. The van der Waals surface area contributed by atoms with Gasteiger partial charge in [-0.05, 0) is 25.5 Å². The summed E-state index contributed by atoms with van der Waals surface area (Å²) >= 11 is 1.22. The molecule has 3 rings (SSSR count). The Morgan fingerprint density at radius 2 is 2.30 bits per heavy atom. The van der Waals surface area contributed by atoms with Gasteiger partial charge in [-0.1, -0.05) is 18.3 Å². The van der Waals surface area contributed by atoms with Crippen LogP contribution >= 0.6 is 11.3 Å². The number of urea groups is 1. The van der Waals surface area contributed by atoms with Crippen LogP contribution in [0.3, 0.4) is 0 Å². The third kappa shape index (κ3) is 6.32. The van der Waals surface area contributed by atoms with Gasteiger partial charge in [-0.3, -0.25) is 9.48 Å². The Morgan fingerprint density at radius 1 is 1.43 bits per heavy atom. The van der Waals surface area contributed by atoms with Crippen LogP contribution in [-0.4, -0.2) is 54.6 Å². The maximum atomic E-state index is 12.8. The van der Waals surface area contributed by atoms with Gasteiger partial charge in [0, 0.05) is 25.9 Å². The second-order valence-electron chi connectivity index (χ2n) is 6.95. The molecular formula is C20H26N6O3S. The predicted molar refractivity (Wildman–Crippen MR) is 116 cm³/mol. The molecule has 0 aromatic carbocycles. The number of hydrogen-bond acceptors (Lipinski definition) is 6. The molecular weight excluding hydrogens is 404 g/mol. The number of carbonyl (C=O) groups is 2. The third-order valence-electron chi connectivity index (χ3n) is 4.57. The van der Waals surface area contributed by atoms with E-state index in [1.54, 1.807) is 24.1 Å². The number of amides is 3. The van der Waals surface area contributed by atoms with Gasteiger partial charge >= 0.3 is 6.03 Å². The van der Waals surface area contributed by atoms with Gasteiger partial charge in [0.25, 0.3) is 5.91 Å². The molecule has 3 heterocycles. The number of hydrogen-bond donors (Lipinski definition) is 4. The molecule has 0 bridgehead atoms. The summed E-state index contributed by atoms with van der Waals surface area (Å²) in [6.07, 6.45) is 6.58. The molecule has 9 nitrogen and oxygen atoms in total. The van der Waals surface area contributed by atoms with Gasteiger partial charge in [-0.15, -0.1) is 11.3 Å². The van der Waals surface area contributed by atoms with Gasteiger partial charge in [-0.2, -0.15) is 5.10 Å². The highest BCUT2D eigenvalue weighted by Gasteiger charge is 2.21. The van der Waals surface area contributed by atoms with Crippen molar-refractivity contribution in [1.29, 1.82) is 0 Å². The number of aromatic nitrogens is 2. The molecule has 10 heteroatoms. The van der Waals surface area contributed by atoms with Crippen LogP contribution in [0.5, 0.6) is 0 Å². The van der Waals surface area contributed by atoms with E-state index in [0.717, 1.165) is 37.9 Å². The van der Waals surface area contributed by atoms with Crippen molar-refractivity contribution in [3.8, 4) is 11.8 Å². The minimum absolute atomic E-state index is 0.0519. The molecule has 5 N–H and O–H groups in total. The molecule has 0 aliphatic carbocycles. The first-order chi connectivity index (χ1) is 14.5. The number of nitrogens with zero attached hydrogens (tertiary/aromatic N) is 2. The van der Waals surface area contributed by atoms with Crippen molar-refractivity contribution >= 4 is 29.0 Å². The molecule has 3 amide bonds. The Balaban J connectivity index is 1.75. The maximum Gasteiger partial charge on any atom is 0.316 e. The summed E-state index contributed by atoms with van der Waals surface area (Å²) < 4.78 is 6.79. The number of carbonyl (C=O) groups excluding carboxylic acids is 2. The third-order valence-corrected chi connectivity index (χ3v) is 5.62. The summed E-state index contributed by atoms with van der Waals surface area (Å²) in [6.45, 7) is 2.90. The Labute approximate surface area is 179 Å². The number of rotatable bonds is 6. The van der Waals surface area contributed by atoms with Crippen LogP contribution in [0.1, 0.15) is 39.4 Å². The van der Waals surface area contributed by atoms with Crippen LogP contribution in [0, 0.1) is 11.8 Å². The molecule has 2 aromatic heterocycles. The van der Waals surface area contributed by atoms with E-state index in [-0.39, 0.29) is 11.9 Å². The monoisotopic (exact) mass is 430 g/mol. The fraction of sp³-hybridized carbons (Fsp3) is 0.450. The van der Waals surface area contributed by atoms with Gasteiger partial charge in [0.05, 0.1) is 35.5 Å². The quantitative estimate of drug-likeness (QED) is 0.515. The fourth-order valence-electron chi connectivity index (χ4n) is 3.11. The van der Waals surface area contributed by atoms with Crippen molar-refractivity contribution < 1.29 is 14.3 Å². The van der Waals surface area contributed by atoms with Gasteiger partial charge in [0.1, 0.15) is 4.88 Å². The van der Waals surface area contributed by atoms with E-state index in [1.165, 1.54) is 11.3 Å². The first kappa shape index (κ1) is 21.8. The van der Waals surface area contributed by atoms with Crippen molar-refractivity contribution in [2.45, 2.75) is 31.8 Å². The first-order valence-corrected chi connectivity index (χ1v) is 10.6. The summed E-state index contributed by atoms with van der Waals surface area (Å²) in [4.78, 5) is 25.2. The lowest BCUT2D eigenvalue weighted by atomic mass is 10.1. The standard InChI is InChI=1S/C20H26N6O3S/c1-29-9-8-26-13-14(11-23-26)5-6-16-10-17(25-20(21)28)18(30-16)19(27)24-15-4-2-3-7-22-12-15/h10-11,13,15,22H,2-4,7-9,12H2,1H3,(H,24,27)(H3,21,25,28). The lowest BCUT2D eigenvalue weighted by molar-refractivity contribution is 0.0940. The van der Waals surface area contributed by atoms with E-state index in [9.17, 15) is 9.59 Å². The van der Waals surface area contributed by atoms with Crippen LogP contribution in [0.4, 0.5) is 10.5 Å². The number of ether oxygens (including phenoxy) is 1. The average Bonchev–Trinajstić information content (AvgIpc) is 3.24. The van der Waals surface area contributed by atoms with Crippen LogP contribution < -0.4 is 21.7 Å². The molecule has 1 saturated heterocycles. The van der Waals surface area contributed by atoms with Crippen molar-refractivity contribution in [2.75, 3.05) is 32.1 Å². The highest BCUT2D eigenvalue weighted by molar-refractivity contribution is 7.15. The van der Waals surface area contributed by atoms with Crippen LogP contribution in [0.2, 0.25) is 0 Å². The summed E-state index contributed by atoms with van der Waals surface area (Å²) in [5.41, 5.74) is 6.39. The topological polar surface area (TPSA) is 123 Å². The van der Waals surface area contributed by atoms with E-state index < -0.39 is 6.03 Å². The van der Waals surface area contributed by atoms with Gasteiger partial charge < -0.3 is 26.4 Å². The number of nitrogens with one attached hydrogen (secondary N) is 3. The van der Waals surface area contributed by atoms with Crippen molar-refractivity contribution in [3.05, 3.63) is 33.8 Å². The van der Waals surface area contributed by atoms with Crippen molar-refractivity contribution in [1.82, 2.24) is 20.4 Å². The molecule has 0 saturated carbocycles. The van der Waals surface area contributed by atoms with Gasteiger partial charge in [0.15, 0.2) is 0 Å². The highest BCUT2D eigenvalue weighted by atomic mass is 32.1. The Kier molecular flexibility index (Phi) is 7.84. The molecule has 30 heavy (non-hydrogen) atoms. The van der Waals surface area contributed by atoms with E-state index in [4.69, 9.17) is 10.5 Å². The summed E-state index contributed by atoms with van der Waals surface area (Å²) in [7, 11) is 1.64. The SMILES string of the molecule is COCCn1cc(C#Cc2cc(NC(N)=O)c(C(=O)NC3CCCCNC3)s2)cn1. The Morgan fingerprint density at radius 3 is 3.10 bits per heavy atom. The van der Waals surface area contributed by atoms with Gasteiger partial charge in [-0.25, -0.2) is 4.79 Å². The molecule has 1 unspecified atom stereocenters. The van der Waals surface area contributed by atoms with Crippen LogP contribution in [0.15, 0.2) is 18.5 Å². The number of methoxy groups -OCH3 is 1. The summed E-state index contributed by atoms with van der Waals surface area (Å²) in [5, 5.41) is 13.1. The summed E-state index contributed by atoms with van der Waals surface area (Å²) in [5.74, 6) is 5.83. The minimum atomic E-state index is -0.725. The minimum Gasteiger partial charge on any atom is -0.383 e. The van der Waals surface area contributed by atoms with Crippen LogP contribution in [-0.2, 0) is 11.3 Å². The second kappa shape index (κ2) is 10.8. The molecule has 1 fully saturated rings. The number of anilines is 1. The lowest BCUT2D eigenvalue weighted by Crippen LogP contribution is -2.40.